The molecule has 2 atom stereocenters. The van der Waals surface area contributed by atoms with Crippen LogP contribution >= 0.6 is 11.6 Å². The Morgan fingerprint density at radius 2 is 2.32 bits per heavy atom. The second-order valence-electron chi connectivity index (χ2n) is 5.24. The van der Waals surface area contributed by atoms with Crippen molar-refractivity contribution in [2.24, 2.45) is 5.92 Å². The van der Waals surface area contributed by atoms with Crippen LogP contribution in [0.5, 0.6) is 0 Å². The van der Waals surface area contributed by atoms with Crippen molar-refractivity contribution in [1.29, 1.82) is 0 Å². The van der Waals surface area contributed by atoms with Crippen molar-refractivity contribution in [3.8, 4) is 0 Å². The number of aryl methyl sites for hydroxylation is 1. The quantitative estimate of drug-likeness (QED) is 0.796. The van der Waals surface area contributed by atoms with Crippen molar-refractivity contribution in [3.05, 3.63) is 30.1 Å². The van der Waals surface area contributed by atoms with Gasteiger partial charge in [-0.15, -0.1) is 11.6 Å². The number of rotatable bonds is 4. The molecule has 0 N–H and O–H groups in total. The fourth-order valence-corrected chi connectivity index (χ4v) is 2.92. The fraction of sp³-hybridized carbons (Fsp3) is 0.533. The molecule has 3 rings (SSSR count). The number of imidazole rings is 1. The predicted octanol–water partition coefficient (Wildman–Crippen LogP) is 3.76. The first-order chi connectivity index (χ1) is 9.25. The molecule has 0 amide bonds. The lowest BCUT2D eigenvalue weighted by molar-refractivity contribution is 0.183. The van der Waals surface area contributed by atoms with Gasteiger partial charge in [0.15, 0.2) is 0 Å². The van der Waals surface area contributed by atoms with Crippen molar-refractivity contribution >= 4 is 22.6 Å². The first-order valence-electron chi connectivity index (χ1n) is 6.92. The molecule has 2 aromatic rings. The minimum absolute atomic E-state index is 0.0628. The summed E-state index contributed by atoms with van der Waals surface area (Å²) in [6.07, 6.45) is 2.31. The highest BCUT2D eigenvalue weighted by Crippen LogP contribution is 2.26. The number of aromatic nitrogens is 2. The topological polar surface area (TPSA) is 27.1 Å². The van der Waals surface area contributed by atoms with Crippen molar-refractivity contribution in [2.75, 3.05) is 13.2 Å². The summed E-state index contributed by atoms with van der Waals surface area (Å²) in [5.41, 5.74) is 2.22. The Balaban J connectivity index is 1.88. The summed E-state index contributed by atoms with van der Waals surface area (Å²) in [4.78, 5) is 4.66. The van der Waals surface area contributed by atoms with Gasteiger partial charge < -0.3 is 9.30 Å². The summed E-state index contributed by atoms with van der Waals surface area (Å²) >= 11 is 6.27. The van der Waals surface area contributed by atoms with E-state index in [1.54, 1.807) is 0 Å². The largest absolute Gasteiger partial charge is 0.381 e. The van der Waals surface area contributed by atoms with Gasteiger partial charge in [0, 0.05) is 19.8 Å². The Morgan fingerprint density at radius 1 is 1.47 bits per heavy atom. The van der Waals surface area contributed by atoms with Crippen LogP contribution in [0.1, 0.15) is 31.0 Å². The van der Waals surface area contributed by atoms with Crippen LogP contribution in [0, 0.1) is 5.92 Å². The molecule has 1 aliphatic rings. The molecule has 0 radical (unpaired) electrons. The molecule has 0 aliphatic carbocycles. The number of halogens is 1. The van der Waals surface area contributed by atoms with E-state index in [0.717, 1.165) is 37.5 Å². The van der Waals surface area contributed by atoms with Crippen LogP contribution < -0.4 is 0 Å². The molecule has 1 aromatic carbocycles. The number of alkyl halides is 1. The minimum atomic E-state index is -0.0628. The van der Waals surface area contributed by atoms with Gasteiger partial charge in [0.05, 0.1) is 16.4 Å². The first-order valence-corrected chi connectivity index (χ1v) is 7.36. The number of hydrogen-bond acceptors (Lipinski definition) is 2. The smallest absolute Gasteiger partial charge is 0.127 e. The SMILES string of the molecule is CC(Cl)c1nc2ccccc2n1CCC1CCOC1. The van der Waals surface area contributed by atoms with Crippen molar-refractivity contribution < 1.29 is 4.74 Å². The average Bonchev–Trinajstić information content (AvgIpc) is 3.03. The summed E-state index contributed by atoms with van der Waals surface area (Å²) in [5, 5.41) is -0.0628. The molecule has 1 aromatic heterocycles. The Kier molecular flexibility index (Phi) is 3.76. The summed E-state index contributed by atoms with van der Waals surface area (Å²) in [7, 11) is 0. The van der Waals surface area contributed by atoms with E-state index in [9.17, 15) is 0 Å². The molecule has 2 heterocycles. The van der Waals surface area contributed by atoms with Crippen LogP contribution in [-0.4, -0.2) is 22.8 Å². The van der Waals surface area contributed by atoms with E-state index in [2.05, 4.69) is 21.7 Å². The highest BCUT2D eigenvalue weighted by molar-refractivity contribution is 6.20. The summed E-state index contributed by atoms with van der Waals surface area (Å²) in [5.74, 6) is 1.65. The van der Waals surface area contributed by atoms with E-state index in [1.807, 2.05) is 19.1 Å². The van der Waals surface area contributed by atoms with Crippen LogP contribution in [0.3, 0.4) is 0 Å². The van der Waals surface area contributed by atoms with E-state index in [-0.39, 0.29) is 5.38 Å². The first kappa shape index (κ1) is 12.9. The van der Waals surface area contributed by atoms with E-state index >= 15 is 0 Å². The lowest BCUT2D eigenvalue weighted by Gasteiger charge is -2.13. The lowest BCUT2D eigenvalue weighted by atomic mass is 10.1. The van der Waals surface area contributed by atoms with Gasteiger partial charge in [-0.25, -0.2) is 4.98 Å². The molecule has 0 spiro atoms. The maximum Gasteiger partial charge on any atom is 0.127 e. The molecule has 1 fully saturated rings. The molecule has 1 aliphatic heterocycles. The molecular formula is C15H19ClN2O. The highest BCUT2D eigenvalue weighted by atomic mass is 35.5. The van der Waals surface area contributed by atoms with Crippen molar-refractivity contribution in [3.63, 3.8) is 0 Å². The number of hydrogen-bond donors (Lipinski definition) is 0. The maximum absolute atomic E-state index is 6.27. The number of ether oxygens (including phenoxy) is 1. The van der Waals surface area contributed by atoms with Gasteiger partial charge in [-0.1, -0.05) is 12.1 Å². The second-order valence-corrected chi connectivity index (χ2v) is 5.90. The van der Waals surface area contributed by atoms with E-state index < -0.39 is 0 Å². The van der Waals surface area contributed by atoms with Crippen LogP contribution in [0.25, 0.3) is 11.0 Å². The number of fused-ring (bicyclic) bond motifs is 1. The fourth-order valence-electron chi connectivity index (χ4n) is 2.76. The molecule has 0 saturated carbocycles. The van der Waals surface area contributed by atoms with Gasteiger partial charge in [-0.2, -0.15) is 0 Å². The molecule has 0 bridgehead atoms. The number of benzene rings is 1. The molecule has 1 saturated heterocycles. The average molecular weight is 279 g/mol. The normalized spacial score (nSPS) is 21.1. The Bertz CT molecular complexity index is 558. The molecule has 102 valence electrons. The molecular weight excluding hydrogens is 260 g/mol. The Labute approximate surface area is 118 Å². The Morgan fingerprint density at radius 3 is 3.05 bits per heavy atom. The van der Waals surface area contributed by atoms with Crippen LogP contribution in [0.15, 0.2) is 24.3 Å². The second kappa shape index (κ2) is 5.51. The van der Waals surface area contributed by atoms with Gasteiger partial charge in [-0.05, 0) is 37.8 Å². The third kappa shape index (κ3) is 2.63. The lowest BCUT2D eigenvalue weighted by Crippen LogP contribution is -2.09. The van der Waals surface area contributed by atoms with E-state index in [1.165, 1.54) is 11.9 Å². The van der Waals surface area contributed by atoms with Gasteiger partial charge in [0.25, 0.3) is 0 Å². The predicted molar refractivity (Wildman–Crippen MR) is 77.5 cm³/mol. The number of para-hydroxylation sites is 2. The molecule has 3 nitrogen and oxygen atoms in total. The summed E-state index contributed by atoms with van der Waals surface area (Å²) in [6.45, 7) is 4.77. The highest BCUT2D eigenvalue weighted by Gasteiger charge is 2.18. The molecule has 19 heavy (non-hydrogen) atoms. The van der Waals surface area contributed by atoms with Gasteiger partial charge in [-0.3, -0.25) is 0 Å². The summed E-state index contributed by atoms with van der Waals surface area (Å²) in [6, 6.07) is 8.25. The van der Waals surface area contributed by atoms with Crippen LogP contribution in [-0.2, 0) is 11.3 Å². The zero-order chi connectivity index (χ0) is 13.2. The zero-order valence-corrected chi connectivity index (χ0v) is 11.9. The Hall–Kier alpha value is -1.06. The van der Waals surface area contributed by atoms with Crippen molar-refractivity contribution in [1.82, 2.24) is 9.55 Å². The maximum atomic E-state index is 6.27. The minimum Gasteiger partial charge on any atom is -0.381 e. The van der Waals surface area contributed by atoms with E-state index in [4.69, 9.17) is 16.3 Å². The van der Waals surface area contributed by atoms with Gasteiger partial charge in [0.2, 0.25) is 0 Å². The molecule has 2 unspecified atom stereocenters. The van der Waals surface area contributed by atoms with Crippen molar-refractivity contribution in [2.45, 2.75) is 31.7 Å². The zero-order valence-electron chi connectivity index (χ0n) is 11.2. The standard InChI is InChI=1S/C15H19ClN2O/c1-11(16)15-17-13-4-2-3-5-14(13)18(15)8-6-12-7-9-19-10-12/h2-5,11-12H,6-10H2,1H3. The monoisotopic (exact) mass is 278 g/mol. The van der Waals surface area contributed by atoms with E-state index in [0.29, 0.717) is 5.92 Å². The van der Waals surface area contributed by atoms with Gasteiger partial charge in [0.1, 0.15) is 5.82 Å². The third-order valence-corrected chi connectivity index (χ3v) is 4.02. The third-order valence-electron chi connectivity index (χ3n) is 3.82. The van der Waals surface area contributed by atoms with Crippen LogP contribution in [0.2, 0.25) is 0 Å². The van der Waals surface area contributed by atoms with Crippen LogP contribution in [0.4, 0.5) is 0 Å². The van der Waals surface area contributed by atoms with Gasteiger partial charge >= 0.3 is 0 Å². The molecule has 4 heteroatoms. The number of nitrogens with zero attached hydrogens (tertiary/aromatic N) is 2. The summed E-state index contributed by atoms with van der Waals surface area (Å²) < 4.78 is 7.71.